The predicted octanol–water partition coefficient (Wildman–Crippen LogP) is 2.09. The Hall–Kier alpha value is -2.47. The minimum absolute atomic E-state index is 0.103. The fourth-order valence-corrected chi connectivity index (χ4v) is 2.21. The Kier molecular flexibility index (Phi) is 6.26. The second-order valence-corrected chi connectivity index (χ2v) is 5.77. The second-order valence-electron chi connectivity index (χ2n) is 5.77. The van der Waals surface area contributed by atoms with Crippen molar-refractivity contribution in [2.75, 3.05) is 13.2 Å². The highest BCUT2D eigenvalue weighted by Gasteiger charge is 2.14. The van der Waals surface area contributed by atoms with E-state index in [-0.39, 0.29) is 17.2 Å². The lowest BCUT2D eigenvalue weighted by Gasteiger charge is -2.11. The van der Waals surface area contributed by atoms with E-state index in [2.05, 4.69) is 10.4 Å². The summed E-state index contributed by atoms with van der Waals surface area (Å²) in [5.74, 6) is -0.464. The highest BCUT2D eigenvalue weighted by molar-refractivity contribution is 5.92. The number of hydrogen-bond donors (Lipinski definition) is 1. The van der Waals surface area contributed by atoms with Crippen LogP contribution in [0, 0.1) is 6.92 Å². The van der Waals surface area contributed by atoms with Crippen molar-refractivity contribution in [2.45, 2.75) is 33.3 Å². The van der Waals surface area contributed by atoms with Crippen LogP contribution in [0.1, 0.15) is 36.5 Å². The van der Waals surface area contributed by atoms with Gasteiger partial charge in [-0.3, -0.25) is 9.59 Å². The lowest BCUT2D eigenvalue weighted by molar-refractivity contribution is 0.0756. The summed E-state index contributed by atoms with van der Waals surface area (Å²) in [6.45, 7) is 6.70. The topological polar surface area (TPSA) is 73.2 Å². The molecule has 0 fully saturated rings. The molecule has 1 N–H and O–H groups in total. The van der Waals surface area contributed by atoms with Crippen LogP contribution < -0.4 is 10.7 Å². The zero-order chi connectivity index (χ0) is 17.5. The molecule has 0 saturated carbocycles. The van der Waals surface area contributed by atoms with E-state index in [4.69, 9.17) is 4.74 Å². The number of aryl methyl sites for hydroxylation is 1. The summed E-state index contributed by atoms with van der Waals surface area (Å²) in [7, 11) is 0. The van der Waals surface area contributed by atoms with Crippen molar-refractivity contribution >= 4 is 5.91 Å². The van der Waals surface area contributed by atoms with Gasteiger partial charge in [-0.25, -0.2) is 4.68 Å². The van der Waals surface area contributed by atoms with Gasteiger partial charge in [0.2, 0.25) is 5.43 Å². The molecule has 2 aromatic rings. The van der Waals surface area contributed by atoms with Gasteiger partial charge in [0.1, 0.15) is 0 Å². The van der Waals surface area contributed by atoms with Crippen LogP contribution in [0.4, 0.5) is 0 Å². The van der Waals surface area contributed by atoms with Crippen molar-refractivity contribution in [2.24, 2.45) is 0 Å². The maximum Gasteiger partial charge on any atom is 0.275 e. The van der Waals surface area contributed by atoms with Crippen LogP contribution in [-0.2, 0) is 4.74 Å². The molecule has 0 aliphatic heterocycles. The molecule has 0 saturated heterocycles. The van der Waals surface area contributed by atoms with Gasteiger partial charge in [-0.2, -0.15) is 5.10 Å². The number of carbonyl (C=O) groups is 1. The summed E-state index contributed by atoms with van der Waals surface area (Å²) in [5.41, 5.74) is 0.993. The molecule has 0 aliphatic rings. The minimum atomic E-state index is -0.464. The van der Waals surface area contributed by atoms with Crippen molar-refractivity contribution in [3.63, 3.8) is 0 Å². The minimum Gasteiger partial charge on any atom is -0.379 e. The molecule has 6 nitrogen and oxygen atoms in total. The van der Waals surface area contributed by atoms with E-state index >= 15 is 0 Å². The van der Waals surface area contributed by atoms with E-state index in [1.54, 1.807) is 11.6 Å². The number of nitrogens with one attached hydrogen (secondary N) is 1. The van der Waals surface area contributed by atoms with Crippen LogP contribution in [0.15, 0.2) is 41.2 Å². The number of aromatic nitrogens is 2. The molecule has 0 radical (unpaired) electrons. The van der Waals surface area contributed by atoms with E-state index in [0.29, 0.717) is 25.3 Å². The van der Waals surface area contributed by atoms with Crippen molar-refractivity contribution < 1.29 is 9.53 Å². The predicted molar refractivity (Wildman–Crippen MR) is 92.6 cm³/mol. The highest BCUT2D eigenvalue weighted by Crippen LogP contribution is 2.07. The molecule has 0 spiro atoms. The summed E-state index contributed by atoms with van der Waals surface area (Å²) in [6.07, 6.45) is 0.848. The van der Waals surface area contributed by atoms with Crippen LogP contribution in [-0.4, -0.2) is 34.9 Å². The Morgan fingerprint density at radius 1 is 1.29 bits per heavy atom. The number of carbonyl (C=O) groups excluding carboxylic acids is 1. The largest absolute Gasteiger partial charge is 0.379 e. The Balaban J connectivity index is 2.10. The van der Waals surface area contributed by atoms with Gasteiger partial charge >= 0.3 is 0 Å². The molecule has 0 unspecified atom stereocenters. The van der Waals surface area contributed by atoms with Crippen LogP contribution in [0.25, 0.3) is 5.69 Å². The third-order valence-corrected chi connectivity index (χ3v) is 3.38. The molecule has 24 heavy (non-hydrogen) atoms. The first-order valence-corrected chi connectivity index (χ1v) is 8.05. The van der Waals surface area contributed by atoms with E-state index < -0.39 is 5.91 Å². The molecule has 1 amide bonds. The van der Waals surface area contributed by atoms with Crippen LogP contribution in [0.3, 0.4) is 0 Å². The molecular weight excluding hydrogens is 306 g/mol. The standard InChI is InChI=1S/C18H23N3O3/c1-13(2)24-11-7-10-19-18(23)17-16(22)12-14(3)21(20-17)15-8-5-4-6-9-15/h4-6,8-9,12-13H,7,10-11H2,1-3H3,(H,19,23). The van der Waals surface area contributed by atoms with E-state index in [1.165, 1.54) is 6.07 Å². The van der Waals surface area contributed by atoms with Gasteiger partial charge in [0, 0.05) is 24.9 Å². The van der Waals surface area contributed by atoms with Crippen molar-refractivity contribution in [3.8, 4) is 5.69 Å². The lowest BCUT2D eigenvalue weighted by Crippen LogP contribution is -2.33. The molecule has 2 rings (SSSR count). The molecule has 6 heteroatoms. The molecule has 128 valence electrons. The summed E-state index contributed by atoms with van der Waals surface area (Å²) in [4.78, 5) is 24.3. The quantitative estimate of drug-likeness (QED) is 0.790. The van der Waals surface area contributed by atoms with Gasteiger partial charge < -0.3 is 10.1 Å². The molecule has 1 aromatic carbocycles. The number of ether oxygens (including phenoxy) is 1. The van der Waals surface area contributed by atoms with Gasteiger partial charge in [-0.15, -0.1) is 0 Å². The number of amides is 1. The second kappa shape index (κ2) is 8.40. The van der Waals surface area contributed by atoms with Crippen molar-refractivity contribution in [1.82, 2.24) is 15.1 Å². The third kappa shape index (κ3) is 4.76. The van der Waals surface area contributed by atoms with Crippen molar-refractivity contribution in [1.29, 1.82) is 0 Å². The molecule has 1 heterocycles. The summed E-state index contributed by atoms with van der Waals surface area (Å²) >= 11 is 0. The fraction of sp³-hybridized carbons (Fsp3) is 0.389. The Morgan fingerprint density at radius 2 is 2.00 bits per heavy atom. The zero-order valence-corrected chi connectivity index (χ0v) is 14.3. The normalized spacial score (nSPS) is 10.8. The first kappa shape index (κ1) is 17.9. The third-order valence-electron chi connectivity index (χ3n) is 3.38. The van der Waals surface area contributed by atoms with Gasteiger partial charge in [0.05, 0.1) is 11.8 Å². The maximum absolute atomic E-state index is 12.2. The average molecular weight is 329 g/mol. The van der Waals surface area contributed by atoms with Gasteiger partial charge in [-0.1, -0.05) is 18.2 Å². The Labute approximate surface area is 141 Å². The van der Waals surface area contributed by atoms with Gasteiger partial charge in [-0.05, 0) is 39.3 Å². The first-order chi connectivity index (χ1) is 11.5. The number of nitrogens with zero attached hydrogens (tertiary/aromatic N) is 2. The molecule has 0 bridgehead atoms. The van der Waals surface area contributed by atoms with Crippen molar-refractivity contribution in [3.05, 3.63) is 58.0 Å². The SMILES string of the molecule is Cc1cc(=O)c(C(=O)NCCCOC(C)C)nn1-c1ccccc1. The highest BCUT2D eigenvalue weighted by atomic mass is 16.5. The molecule has 1 aromatic heterocycles. The van der Waals surface area contributed by atoms with Crippen LogP contribution >= 0.6 is 0 Å². The van der Waals surface area contributed by atoms with E-state index in [0.717, 1.165) is 5.69 Å². The summed E-state index contributed by atoms with van der Waals surface area (Å²) in [6, 6.07) is 10.8. The zero-order valence-electron chi connectivity index (χ0n) is 14.3. The first-order valence-electron chi connectivity index (χ1n) is 8.05. The van der Waals surface area contributed by atoms with Gasteiger partial charge in [0.15, 0.2) is 5.69 Å². The molecule has 0 atom stereocenters. The van der Waals surface area contributed by atoms with E-state index in [9.17, 15) is 9.59 Å². The maximum atomic E-state index is 12.2. The smallest absolute Gasteiger partial charge is 0.275 e. The Morgan fingerprint density at radius 3 is 2.67 bits per heavy atom. The number of hydrogen-bond acceptors (Lipinski definition) is 4. The lowest BCUT2D eigenvalue weighted by atomic mass is 10.2. The average Bonchev–Trinajstić information content (AvgIpc) is 2.55. The van der Waals surface area contributed by atoms with Crippen LogP contribution in [0.2, 0.25) is 0 Å². The Bertz CT molecular complexity index is 739. The number of rotatable bonds is 7. The summed E-state index contributed by atoms with van der Waals surface area (Å²) in [5, 5.41) is 6.95. The van der Waals surface area contributed by atoms with E-state index in [1.807, 2.05) is 44.2 Å². The monoisotopic (exact) mass is 329 g/mol. The number of benzene rings is 1. The molecule has 0 aliphatic carbocycles. The van der Waals surface area contributed by atoms with Gasteiger partial charge in [0.25, 0.3) is 5.91 Å². The fourth-order valence-electron chi connectivity index (χ4n) is 2.21. The number of para-hydroxylation sites is 1. The molecular formula is C18H23N3O3. The van der Waals surface area contributed by atoms with Crippen LogP contribution in [0.5, 0.6) is 0 Å². The summed E-state index contributed by atoms with van der Waals surface area (Å²) < 4.78 is 7.01.